The van der Waals surface area contributed by atoms with Gasteiger partial charge in [0.2, 0.25) is 0 Å². The minimum atomic E-state index is 0.267. The van der Waals surface area contributed by atoms with Crippen LogP contribution < -0.4 is 5.73 Å². The lowest BCUT2D eigenvalue weighted by molar-refractivity contribution is 0.768. The van der Waals surface area contributed by atoms with Gasteiger partial charge in [-0.15, -0.1) is 0 Å². The van der Waals surface area contributed by atoms with Gasteiger partial charge in [0.25, 0.3) is 0 Å². The molecule has 3 rings (SSSR count). The molecule has 0 aliphatic carbocycles. The Bertz CT molecular complexity index is 888. The zero-order valence-corrected chi connectivity index (χ0v) is 13.1. The molecule has 23 heavy (non-hydrogen) atoms. The van der Waals surface area contributed by atoms with E-state index in [2.05, 4.69) is 16.2 Å². The molecule has 0 atom stereocenters. The van der Waals surface area contributed by atoms with Crippen molar-refractivity contribution < 1.29 is 0 Å². The first-order valence-corrected chi connectivity index (χ1v) is 7.32. The number of aromatic nitrogens is 3. The minimum absolute atomic E-state index is 0.267. The quantitative estimate of drug-likeness (QED) is 0.806. The number of hydrogen-bond acceptors (Lipinski definition) is 4. The number of benzene rings is 1. The molecule has 3 aromatic rings. The summed E-state index contributed by atoms with van der Waals surface area (Å²) in [5.41, 5.74) is 11.2. The van der Waals surface area contributed by atoms with E-state index in [9.17, 15) is 5.26 Å². The zero-order valence-electron chi connectivity index (χ0n) is 13.1. The summed E-state index contributed by atoms with van der Waals surface area (Å²) in [5, 5.41) is 13.7. The summed E-state index contributed by atoms with van der Waals surface area (Å²) < 4.78 is 1.72. The Labute approximate surface area is 135 Å². The highest BCUT2D eigenvalue weighted by Crippen LogP contribution is 2.30. The Morgan fingerprint density at radius 2 is 2.00 bits per heavy atom. The number of rotatable bonds is 3. The van der Waals surface area contributed by atoms with Crippen molar-refractivity contribution in [2.45, 2.75) is 13.3 Å². The average Bonchev–Trinajstić information content (AvgIpc) is 2.98. The van der Waals surface area contributed by atoms with E-state index in [-0.39, 0.29) is 5.82 Å². The van der Waals surface area contributed by atoms with Gasteiger partial charge in [0.05, 0.1) is 17.5 Å². The molecule has 0 aliphatic heterocycles. The number of hydrogen-bond donors (Lipinski definition) is 1. The van der Waals surface area contributed by atoms with Gasteiger partial charge in [0.15, 0.2) is 0 Å². The van der Waals surface area contributed by atoms with Crippen LogP contribution in [0.4, 0.5) is 5.82 Å². The molecule has 5 nitrogen and oxygen atoms in total. The Balaban J connectivity index is 2.17. The minimum Gasteiger partial charge on any atom is -0.383 e. The molecule has 0 fully saturated rings. The van der Waals surface area contributed by atoms with Crippen molar-refractivity contribution in [2.75, 3.05) is 5.73 Å². The first-order valence-electron chi connectivity index (χ1n) is 7.32. The molecule has 0 bridgehead atoms. The third-order valence-corrected chi connectivity index (χ3v) is 3.91. The predicted octanol–water partition coefficient (Wildman–Crippen LogP) is 2.84. The highest BCUT2D eigenvalue weighted by molar-refractivity contribution is 5.70. The maximum absolute atomic E-state index is 9.48. The molecule has 5 heteroatoms. The second kappa shape index (κ2) is 5.93. The molecular formula is C18H17N5. The Morgan fingerprint density at radius 3 is 2.61 bits per heavy atom. The Morgan fingerprint density at radius 1 is 1.26 bits per heavy atom. The molecule has 0 unspecified atom stereocenters. The number of nitrogens with zero attached hydrogens (tertiary/aromatic N) is 4. The number of aryl methyl sites for hydroxylation is 1. The maximum Gasteiger partial charge on any atom is 0.142 e. The summed E-state index contributed by atoms with van der Waals surface area (Å²) >= 11 is 0. The molecule has 2 heterocycles. The van der Waals surface area contributed by atoms with Gasteiger partial charge in [-0.2, -0.15) is 10.4 Å². The van der Waals surface area contributed by atoms with Gasteiger partial charge in [0, 0.05) is 18.8 Å². The lowest BCUT2D eigenvalue weighted by atomic mass is 9.94. The van der Waals surface area contributed by atoms with Gasteiger partial charge in [-0.1, -0.05) is 30.3 Å². The van der Waals surface area contributed by atoms with Crippen LogP contribution in [-0.2, 0) is 13.5 Å². The third kappa shape index (κ3) is 2.79. The van der Waals surface area contributed by atoms with Gasteiger partial charge in [-0.05, 0) is 30.0 Å². The van der Waals surface area contributed by atoms with Gasteiger partial charge in [-0.25, -0.2) is 4.98 Å². The van der Waals surface area contributed by atoms with Crippen molar-refractivity contribution in [3.63, 3.8) is 0 Å². The normalized spacial score (nSPS) is 10.5. The maximum atomic E-state index is 9.48. The van der Waals surface area contributed by atoms with Crippen molar-refractivity contribution in [1.82, 2.24) is 14.8 Å². The molecule has 114 valence electrons. The van der Waals surface area contributed by atoms with E-state index >= 15 is 0 Å². The SMILES string of the molecule is Cc1c(-c2cnn(C)c2)nc(N)c(C#N)c1Cc1ccccc1. The van der Waals surface area contributed by atoms with Crippen molar-refractivity contribution >= 4 is 5.82 Å². The van der Waals surface area contributed by atoms with Crippen LogP contribution in [-0.4, -0.2) is 14.8 Å². The summed E-state index contributed by atoms with van der Waals surface area (Å²) in [6.07, 6.45) is 4.30. The monoisotopic (exact) mass is 303 g/mol. The van der Waals surface area contributed by atoms with Crippen molar-refractivity contribution in [3.05, 3.63) is 65.0 Å². The number of nitrogens with two attached hydrogens (primary N) is 1. The molecule has 0 spiro atoms. The molecule has 2 aromatic heterocycles. The highest BCUT2D eigenvalue weighted by atomic mass is 15.2. The van der Waals surface area contributed by atoms with Gasteiger partial charge >= 0.3 is 0 Å². The fraction of sp³-hybridized carbons (Fsp3) is 0.167. The van der Waals surface area contributed by atoms with Crippen LogP contribution in [0.2, 0.25) is 0 Å². The smallest absolute Gasteiger partial charge is 0.142 e. The first-order chi connectivity index (χ1) is 11.1. The summed E-state index contributed by atoms with van der Waals surface area (Å²) in [5.74, 6) is 0.267. The van der Waals surface area contributed by atoms with Crippen LogP contribution in [0.5, 0.6) is 0 Å². The lowest BCUT2D eigenvalue weighted by Crippen LogP contribution is -2.06. The molecule has 0 radical (unpaired) electrons. The van der Waals surface area contributed by atoms with Crippen molar-refractivity contribution in [1.29, 1.82) is 5.26 Å². The van der Waals surface area contributed by atoms with E-state index < -0.39 is 0 Å². The molecule has 0 amide bonds. The first kappa shape index (κ1) is 14.8. The summed E-state index contributed by atoms with van der Waals surface area (Å²) in [6, 6.07) is 12.2. The van der Waals surface area contributed by atoms with E-state index in [0.29, 0.717) is 12.0 Å². The molecule has 0 saturated carbocycles. The number of anilines is 1. The average molecular weight is 303 g/mol. The fourth-order valence-electron chi connectivity index (χ4n) is 2.72. The molecule has 2 N–H and O–H groups in total. The number of nitrogen functional groups attached to an aromatic ring is 1. The molecular weight excluding hydrogens is 286 g/mol. The largest absolute Gasteiger partial charge is 0.383 e. The second-order valence-corrected chi connectivity index (χ2v) is 5.50. The topological polar surface area (TPSA) is 80.5 Å². The van der Waals surface area contributed by atoms with Gasteiger partial charge in [0.1, 0.15) is 11.9 Å². The number of nitriles is 1. The molecule has 1 aromatic carbocycles. The van der Waals surface area contributed by atoms with E-state index in [4.69, 9.17) is 5.73 Å². The van der Waals surface area contributed by atoms with Crippen LogP contribution in [0, 0.1) is 18.3 Å². The lowest BCUT2D eigenvalue weighted by Gasteiger charge is -2.14. The van der Waals surface area contributed by atoms with E-state index in [0.717, 1.165) is 27.9 Å². The molecule has 0 aliphatic rings. The van der Waals surface area contributed by atoms with Crippen LogP contribution in [0.1, 0.15) is 22.3 Å². The summed E-state index contributed by atoms with van der Waals surface area (Å²) in [4.78, 5) is 4.43. The third-order valence-electron chi connectivity index (χ3n) is 3.91. The van der Waals surface area contributed by atoms with Crippen LogP contribution >= 0.6 is 0 Å². The summed E-state index contributed by atoms with van der Waals surface area (Å²) in [7, 11) is 1.86. The van der Waals surface area contributed by atoms with E-state index in [1.54, 1.807) is 10.9 Å². The summed E-state index contributed by atoms with van der Waals surface area (Å²) in [6.45, 7) is 1.98. The standard InChI is InChI=1S/C18H17N5/c1-12-15(8-13-6-4-3-5-7-13)16(9-19)18(20)22-17(12)14-10-21-23(2)11-14/h3-7,10-11H,8H2,1-2H3,(H2,20,22). The predicted molar refractivity (Wildman–Crippen MR) is 89.6 cm³/mol. The van der Waals surface area contributed by atoms with Crippen LogP contribution in [0.15, 0.2) is 42.7 Å². The Hall–Kier alpha value is -3.13. The fourth-order valence-corrected chi connectivity index (χ4v) is 2.72. The van der Waals surface area contributed by atoms with E-state index in [1.165, 1.54) is 0 Å². The van der Waals surface area contributed by atoms with Crippen molar-refractivity contribution in [3.8, 4) is 17.3 Å². The number of pyridine rings is 1. The van der Waals surface area contributed by atoms with Gasteiger partial charge < -0.3 is 5.73 Å². The Kier molecular flexibility index (Phi) is 3.82. The van der Waals surface area contributed by atoms with Gasteiger partial charge in [-0.3, -0.25) is 4.68 Å². The zero-order chi connectivity index (χ0) is 16.4. The van der Waals surface area contributed by atoms with Crippen LogP contribution in [0.25, 0.3) is 11.3 Å². The highest BCUT2D eigenvalue weighted by Gasteiger charge is 2.17. The molecule has 0 saturated heterocycles. The van der Waals surface area contributed by atoms with Crippen molar-refractivity contribution in [2.24, 2.45) is 7.05 Å². The second-order valence-electron chi connectivity index (χ2n) is 5.50. The van der Waals surface area contributed by atoms with Crippen LogP contribution in [0.3, 0.4) is 0 Å². The van der Waals surface area contributed by atoms with E-state index in [1.807, 2.05) is 50.5 Å².